The Hall–Kier alpha value is -2.41. The molecule has 3 N–H and O–H groups in total. The lowest BCUT2D eigenvalue weighted by Crippen LogP contribution is -2.16. The number of carbonyl (C=O) groups is 1. The summed E-state index contributed by atoms with van der Waals surface area (Å²) < 4.78 is 6.36. The summed E-state index contributed by atoms with van der Waals surface area (Å²) in [6.07, 6.45) is 0. The lowest BCUT2D eigenvalue weighted by atomic mass is 10.1. The van der Waals surface area contributed by atoms with Crippen LogP contribution in [0, 0.1) is 0 Å². The van der Waals surface area contributed by atoms with Crippen LogP contribution in [0.25, 0.3) is 10.1 Å². The van der Waals surface area contributed by atoms with Gasteiger partial charge in [0.05, 0.1) is 12.0 Å². The average Bonchev–Trinajstić information content (AvgIpc) is 3.05. The summed E-state index contributed by atoms with van der Waals surface area (Å²) in [5, 5.41) is 13.1. The Bertz CT molecular complexity index is 860. The largest absolute Gasteiger partial charge is 0.496 e. The first kappa shape index (κ1) is 16.4. The minimum Gasteiger partial charge on any atom is -0.496 e. The Morgan fingerprint density at radius 3 is 2.79 bits per heavy atom. The molecule has 0 spiro atoms. The van der Waals surface area contributed by atoms with Crippen molar-refractivity contribution in [3.63, 3.8) is 0 Å². The van der Waals surface area contributed by atoms with E-state index in [4.69, 9.17) is 9.94 Å². The fourth-order valence-electron chi connectivity index (χ4n) is 2.56. The molecule has 2 aromatic carbocycles. The van der Waals surface area contributed by atoms with Crippen molar-refractivity contribution in [2.45, 2.75) is 13.1 Å². The van der Waals surface area contributed by atoms with E-state index < -0.39 is 5.91 Å². The fourth-order valence-corrected chi connectivity index (χ4v) is 3.49. The molecule has 0 aliphatic rings. The number of rotatable bonds is 6. The maximum absolute atomic E-state index is 11.5. The number of carbonyl (C=O) groups excluding carboxylic acids is 1. The number of hydrogen-bond acceptors (Lipinski definition) is 5. The monoisotopic (exact) mass is 342 g/mol. The first-order chi connectivity index (χ1) is 11.7. The van der Waals surface area contributed by atoms with E-state index in [1.807, 2.05) is 36.4 Å². The highest BCUT2D eigenvalue weighted by molar-refractivity contribution is 7.20. The molecule has 0 saturated heterocycles. The van der Waals surface area contributed by atoms with E-state index in [1.165, 1.54) is 11.3 Å². The maximum Gasteiger partial charge on any atom is 0.284 e. The van der Waals surface area contributed by atoms with E-state index in [-0.39, 0.29) is 0 Å². The van der Waals surface area contributed by atoms with Crippen LogP contribution in [0.15, 0.2) is 48.5 Å². The second kappa shape index (κ2) is 7.44. The molecule has 1 amide bonds. The summed E-state index contributed by atoms with van der Waals surface area (Å²) in [4.78, 5) is 12.0. The van der Waals surface area contributed by atoms with Crippen LogP contribution < -0.4 is 15.5 Å². The molecule has 1 aromatic heterocycles. The Morgan fingerprint density at radius 1 is 1.17 bits per heavy atom. The zero-order valence-electron chi connectivity index (χ0n) is 13.2. The number of thiophene rings is 1. The zero-order chi connectivity index (χ0) is 16.9. The molecule has 0 atom stereocenters. The van der Waals surface area contributed by atoms with Crippen LogP contribution in [0.3, 0.4) is 0 Å². The summed E-state index contributed by atoms with van der Waals surface area (Å²) in [7, 11) is 1.67. The smallest absolute Gasteiger partial charge is 0.284 e. The van der Waals surface area contributed by atoms with Crippen LogP contribution >= 0.6 is 11.3 Å². The fraction of sp³-hybridized carbons (Fsp3) is 0.167. The second-order valence-electron chi connectivity index (χ2n) is 5.34. The third-order valence-electron chi connectivity index (χ3n) is 3.74. The molecule has 124 valence electrons. The summed E-state index contributed by atoms with van der Waals surface area (Å²) in [5.41, 5.74) is 3.91. The molecule has 1 heterocycles. The van der Waals surface area contributed by atoms with Gasteiger partial charge >= 0.3 is 0 Å². The van der Waals surface area contributed by atoms with Crippen molar-refractivity contribution in [1.82, 2.24) is 10.8 Å². The first-order valence-corrected chi connectivity index (χ1v) is 8.32. The van der Waals surface area contributed by atoms with Crippen LogP contribution in [0.2, 0.25) is 0 Å². The van der Waals surface area contributed by atoms with Crippen molar-refractivity contribution < 1.29 is 14.7 Å². The zero-order valence-corrected chi connectivity index (χ0v) is 14.0. The highest BCUT2D eigenvalue weighted by Gasteiger charge is 2.09. The highest BCUT2D eigenvalue weighted by Crippen LogP contribution is 2.26. The molecule has 0 aliphatic carbocycles. The molecule has 0 aliphatic heterocycles. The molecular weight excluding hydrogens is 324 g/mol. The second-order valence-corrected chi connectivity index (χ2v) is 6.42. The minimum atomic E-state index is -0.480. The van der Waals surface area contributed by atoms with Gasteiger partial charge in [-0.05, 0) is 35.2 Å². The van der Waals surface area contributed by atoms with E-state index >= 15 is 0 Å². The molecule has 3 aromatic rings. The van der Waals surface area contributed by atoms with E-state index in [9.17, 15) is 4.79 Å². The SMILES string of the molecule is COc1ccccc1CNCc1ccc2sc(C(=O)NO)cc2c1. The Kier molecular flexibility index (Phi) is 5.10. The number of benzene rings is 2. The van der Waals surface area contributed by atoms with Crippen LogP contribution in [0.5, 0.6) is 5.75 Å². The summed E-state index contributed by atoms with van der Waals surface area (Å²) in [6.45, 7) is 1.43. The van der Waals surface area contributed by atoms with E-state index in [0.717, 1.165) is 27.0 Å². The minimum absolute atomic E-state index is 0.480. The summed E-state index contributed by atoms with van der Waals surface area (Å²) >= 11 is 1.36. The van der Waals surface area contributed by atoms with E-state index in [2.05, 4.69) is 11.4 Å². The van der Waals surface area contributed by atoms with Crippen molar-refractivity contribution in [3.05, 3.63) is 64.5 Å². The Labute approximate surface area is 143 Å². The standard InChI is InChI=1S/C18H18N2O3S/c1-23-15-5-3-2-4-13(15)11-19-10-12-6-7-16-14(8-12)9-17(24-16)18(21)20-22/h2-9,19,22H,10-11H2,1H3,(H,20,21). The summed E-state index contributed by atoms with van der Waals surface area (Å²) in [5.74, 6) is 0.394. The van der Waals surface area contributed by atoms with Gasteiger partial charge in [0, 0.05) is 23.4 Å². The molecule has 24 heavy (non-hydrogen) atoms. The molecule has 0 radical (unpaired) electrons. The number of amides is 1. The third-order valence-corrected chi connectivity index (χ3v) is 4.86. The van der Waals surface area contributed by atoms with Crippen molar-refractivity contribution >= 4 is 27.3 Å². The van der Waals surface area contributed by atoms with Gasteiger partial charge in [-0.2, -0.15) is 0 Å². The van der Waals surface area contributed by atoms with Crippen molar-refractivity contribution in [2.75, 3.05) is 7.11 Å². The molecule has 5 nitrogen and oxygen atoms in total. The average molecular weight is 342 g/mol. The van der Waals surface area contributed by atoms with Gasteiger partial charge in [-0.1, -0.05) is 24.3 Å². The normalized spacial score (nSPS) is 10.8. The van der Waals surface area contributed by atoms with Crippen LogP contribution in [0.1, 0.15) is 20.8 Å². The number of methoxy groups -OCH3 is 1. The molecule has 0 saturated carbocycles. The summed E-state index contributed by atoms with van der Waals surface area (Å²) in [6, 6.07) is 15.8. The van der Waals surface area contributed by atoms with Gasteiger partial charge in [0.2, 0.25) is 0 Å². The third kappa shape index (κ3) is 3.56. The molecular formula is C18H18N2O3S. The van der Waals surface area contributed by atoms with Crippen LogP contribution in [0.4, 0.5) is 0 Å². The van der Waals surface area contributed by atoms with E-state index in [0.29, 0.717) is 18.0 Å². The topological polar surface area (TPSA) is 70.6 Å². The van der Waals surface area contributed by atoms with Gasteiger partial charge in [-0.15, -0.1) is 11.3 Å². The highest BCUT2D eigenvalue weighted by atomic mass is 32.1. The van der Waals surface area contributed by atoms with Gasteiger partial charge in [0.15, 0.2) is 0 Å². The molecule has 0 fully saturated rings. The van der Waals surface area contributed by atoms with Crippen molar-refractivity contribution in [1.29, 1.82) is 0 Å². The predicted octanol–water partition coefficient (Wildman–Crippen LogP) is 3.32. The Morgan fingerprint density at radius 2 is 2.00 bits per heavy atom. The predicted molar refractivity (Wildman–Crippen MR) is 94.6 cm³/mol. The van der Waals surface area contributed by atoms with Crippen LogP contribution in [-0.4, -0.2) is 18.2 Å². The quantitative estimate of drug-likeness (QED) is 0.475. The van der Waals surface area contributed by atoms with Gasteiger partial charge in [0.25, 0.3) is 5.91 Å². The van der Waals surface area contributed by atoms with Crippen molar-refractivity contribution in [3.8, 4) is 5.75 Å². The van der Waals surface area contributed by atoms with Gasteiger partial charge in [0.1, 0.15) is 5.75 Å². The number of fused-ring (bicyclic) bond motifs is 1. The number of ether oxygens (including phenoxy) is 1. The first-order valence-electron chi connectivity index (χ1n) is 7.51. The molecule has 6 heteroatoms. The Balaban J connectivity index is 1.68. The van der Waals surface area contributed by atoms with Gasteiger partial charge < -0.3 is 10.1 Å². The molecule has 0 bridgehead atoms. The van der Waals surface area contributed by atoms with Crippen molar-refractivity contribution in [2.24, 2.45) is 0 Å². The molecule has 3 rings (SSSR count). The lowest BCUT2D eigenvalue weighted by Gasteiger charge is -2.09. The van der Waals surface area contributed by atoms with E-state index in [1.54, 1.807) is 18.7 Å². The van der Waals surface area contributed by atoms with Gasteiger partial charge in [-0.3, -0.25) is 10.0 Å². The number of hydrogen-bond donors (Lipinski definition) is 3. The number of hydroxylamine groups is 1. The molecule has 0 unspecified atom stereocenters. The lowest BCUT2D eigenvalue weighted by molar-refractivity contribution is 0.0711. The van der Waals surface area contributed by atoms with Gasteiger partial charge in [-0.25, -0.2) is 5.48 Å². The maximum atomic E-state index is 11.5. The van der Waals surface area contributed by atoms with Crippen LogP contribution in [-0.2, 0) is 13.1 Å². The number of para-hydroxylation sites is 1. The number of nitrogens with one attached hydrogen (secondary N) is 2.